The molecule has 3 amide bonds. The zero-order valence-corrected chi connectivity index (χ0v) is 24.0. The number of methoxy groups -OCH3 is 1. The largest absolute Gasteiger partial charge is 0.496 e. The van der Waals surface area contributed by atoms with Crippen LogP contribution < -0.4 is 10.1 Å². The average molecular weight is 579 g/mol. The molecule has 0 radical (unpaired) electrons. The SMILES string of the molecule is COc1ccc([C@@H](O)[C@H](OC(C)C)C(=O)N2C(=O)OC[C@@H]2Cc2ccccc2)cc1CNC(=O)c1ccc(C)cc1F. The van der Waals surface area contributed by atoms with Gasteiger partial charge >= 0.3 is 6.09 Å². The monoisotopic (exact) mass is 578 g/mol. The fourth-order valence-corrected chi connectivity index (χ4v) is 4.84. The second kappa shape index (κ2) is 13.6. The number of benzene rings is 3. The van der Waals surface area contributed by atoms with Crippen LogP contribution in [-0.2, 0) is 27.2 Å². The highest BCUT2D eigenvalue weighted by Gasteiger charge is 2.44. The number of nitrogens with one attached hydrogen (secondary N) is 1. The van der Waals surface area contributed by atoms with E-state index in [0.717, 1.165) is 10.5 Å². The Morgan fingerprint density at radius 2 is 1.86 bits per heavy atom. The molecule has 2 N–H and O–H groups in total. The molecule has 42 heavy (non-hydrogen) atoms. The fraction of sp³-hybridized carbons (Fsp3) is 0.344. The molecule has 0 saturated carbocycles. The Morgan fingerprint density at radius 1 is 1.12 bits per heavy atom. The summed E-state index contributed by atoms with van der Waals surface area (Å²) in [6, 6.07) is 17.9. The van der Waals surface area contributed by atoms with Crippen LogP contribution in [0.5, 0.6) is 5.75 Å². The first-order chi connectivity index (χ1) is 20.1. The quantitative estimate of drug-likeness (QED) is 0.345. The first-order valence-electron chi connectivity index (χ1n) is 13.7. The van der Waals surface area contributed by atoms with E-state index in [9.17, 15) is 23.9 Å². The second-order valence-electron chi connectivity index (χ2n) is 10.4. The minimum atomic E-state index is -1.47. The summed E-state index contributed by atoms with van der Waals surface area (Å²) in [5, 5.41) is 14.1. The maximum atomic E-state index is 14.3. The van der Waals surface area contributed by atoms with Gasteiger partial charge in [0, 0.05) is 12.1 Å². The molecule has 1 saturated heterocycles. The lowest BCUT2D eigenvalue weighted by atomic mass is 9.99. The Balaban J connectivity index is 1.56. The Hall–Kier alpha value is -4.28. The van der Waals surface area contributed by atoms with Gasteiger partial charge in [0.15, 0.2) is 6.10 Å². The minimum Gasteiger partial charge on any atom is -0.496 e. The Morgan fingerprint density at radius 3 is 2.52 bits per heavy atom. The number of amides is 3. The van der Waals surface area contributed by atoms with Crippen molar-refractivity contribution in [3.8, 4) is 5.75 Å². The summed E-state index contributed by atoms with van der Waals surface area (Å²) < 4.78 is 30.8. The van der Waals surface area contributed by atoms with Crippen LogP contribution in [0.4, 0.5) is 9.18 Å². The van der Waals surface area contributed by atoms with E-state index < -0.39 is 48.1 Å². The first-order valence-corrected chi connectivity index (χ1v) is 13.7. The molecule has 3 atom stereocenters. The normalized spacial score (nSPS) is 16.2. The van der Waals surface area contributed by atoms with E-state index in [1.54, 1.807) is 45.0 Å². The predicted octanol–water partition coefficient (Wildman–Crippen LogP) is 4.49. The number of aliphatic hydroxyl groups is 1. The number of aliphatic hydroxyl groups excluding tert-OH is 1. The molecule has 222 valence electrons. The number of carbonyl (C=O) groups excluding carboxylic acids is 3. The summed E-state index contributed by atoms with van der Waals surface area (Å²) in [6.07, 6.45) is -3.77. The number of aryl methyl sites for hydroxylation is 1. The van der Waals surface area contributed by atoms with E-state index in [4.69, 9.17) is 14.2 Å². The van der Waals surface area contributed by atoms with Gasteiger partial charge in [-0.15, -0.1) is 0 Å². The van der Waals surface area contributed by atoms with Crippen LogP contribution in [0.2, 0.25) is 0 Å². The van der Waals surface area contributed by atoms with Gasteiger partial charge in [0.2, 0.25) is 0 Å². The van der Waals surface area contributed by atoms with Gasteiger partial charge in [-0.3, -0.25) is 9.59 Å². The van der Waals surface area contributed by atoms with E-state index in [1.807, 2.05) is 30.3 Å². The van der Waals surface area contributed by atoms with Crippen molar-refractivity contribution in [2.24, 2.45) is 0 Å². The van der Waals surface area contributed by atoms with Crippen LogP contribution in [-0.4, -0.2) is 59.9 Å². The van der Waals surface area contributed by atoms with Crippen molar-refractivity contribution in [1.82, 2.24) is 10.2 Å². The molecule has 1 heterocycles. The summed E-state index contributed by atoms with van der Waals surface area (Å²) in [6.45, 7) is 5.14. The number of rotatable bonds is 11. The molecule has 1 fully saturated rings. The van der Waals surface area contributed by atoms with Crippen LogP contribution >= 0.6 is 0 Å². The van der Waals surface area contributed by atoms with Crippen molar-refractivity contribution >= 4 is 17.9 Å². The Kier molecular flexibility index (Phi) is 9.92. The molecule has 3 aromatic rings. The van der Waals surface area contributed by atoms with E-state index in [1.165, 1.54) is 19.2 Å². The zero-order chi connectivity index (χ0) is 30.4. The van der Waals surface area contributed by atoms with Gasteiger partial charge in [0.25, 0.3) is 11.8 Å². The minimum absolute atomic E-state index is 0.0257. The van der Waals surface area contributed by atoms with Crippen molar-refractivity contribution in [2.75, 3.05) is 13.7 Å². The summed E-state index contributed by atoms with van der Waals surface area (Å²) in [5.74, 6) is -1.56. The van der Waals surface area contributed by atoms with E-state index in [0.29, 0.717) is 28.9 Å². The lowest BCUT2D eigenvalue weighted by Crippen LogP contribution is -2.49. The van der Waals surface area contributed by atoms with E-state index in [2.05, 4.69) is 5.32 Å². The third kappa shape index (κ3) is 7.13. The van der Waals surface area contributed by atoms with Crippen LogP contribution in [0, 0.1) is 12.7 Å². The number of hydrogen-bond donors (Lipinski definition) is 2. The zero-order valence-electron chi connectivity index (χ0n) is 24.0. The summed E-state index contributed by atoms with van der Waals surface area (Å²) >= 11 is 0. The van der Waals surface area contributed by atoms with E-state index >= 15 is 0 Å². The first kappa shape index (κ1) is 30.7. The van der Waals surface area contributed by atoms with Crippen LogP contribution in [0.25, 0.3) is 0 Å². The van der Waals surface area contributed by atoms with Gasteiger partial charge in [-0.25, -0.2) is 14.1 Å². The van der Waals surface area contributed by atoms with Gasteiger partial charge in [-0.2, -0.15) is 0 Å². The van der Waals surface area contributed by atoms with Gasteiger partial charge in [-0.1, -0.05) is 42.5 Å². The number of ether oxygens (including phenoxy) is 3. The summed E-state index contributed by atoms with van der Waals surface area (Å²) in [5.41, 5.74) is 2.29. The molecule has 0 aromatic heterocycles. The highest BCUT2D eigenvalue weighted by molar-refractivity contribution is 5.96. The van der Waals surface area contributed by atoms with Crippen LogP contribution in [0.15, 0.2) is 66.7 Å². The number of imide groups is 1. The number of cyclic esters (lactones) is 1. The summed E-state index contributed by atoms with van der Waals surface area (Å²) in [7, 11) is 1.45. The third-order valence-electron chi connectivity index (χ3n) is 6.92. The van der Waals surface area contributed by atoms with Crippen molar-refractivity contribution in [3.63, 3.8) is 0 Å². The molecule has 1 aliphatic heterocycles. The lowest BCUT2D eigenvalue weighted by molar-refractivity contribution is -0.154. The maximum Gasteiger partial charge on any atom is 0.417 e. The van der Waals surface area contributed by atoms with Crippen LogP contribution in [0.3, 0.4) is 0 Å². The smallest absolute Gasteiger partial charge is 0.417 e. The Bertz CT molecular complexity index is 1430. The molecule has 0 unspecified atom stereocenters. The topological polar surface area (TPSA) is 114 Å². The number of carbonyl (C=O) groups is 3. The Labute approximate surface area is 244 Å². The molecule has 9 nitrogen and oxygen atoms in total. The van der Waals surface area contributed by atoms with Crippen molar-refractivity contribution < 1.29 is 38.1 Å². The molecular weight excluding hydrogens is 543 g/mol. The fourth-order valence-electron chi connectivity index (χ4n) is 4.84. The predicted molar refractivity (Wildman–Crippen MR) is 152 cm³/mol. The molecule has 3 aromatic carbocycles. The molecule has 0 spiro atoms. The van der Waals surface area contributed by atoms with Crippen molar-refractivity contribution in [2.45, 2.75) is 58.1 Å². The maximum absolute atomic E-state index is 14.3. The van der Waals surface area contributed by atoms with Gasteiger partial charge < -0.3 is 24.6 Å². The standard InChI is InChI=1S/C32H35FN2O7/c1-19(2)42-29(31(38)35-24(18-41-32(35)39)15-21-8-6-5-7-9-21)28(36)22-11-13-27(40-4)23(16-22)17-34-30(37)25-12-10-20(3)14-26(25)33/h5-14,16,19,24,28-29,36H,15,17-18H2,1-4H3,(H,34,37)/t24-,28+,29-/m0/s1. The van der Waals surface area contributed by atoms with E-state index in [-0.39, 0.29) is 18.7 Å². The summed E-state index contributed by atoms with van der Waals surface area (Å²) in [4.78, 5) is 40.1. The van der Waals surface area contributed by atoms with Crippen molar-refractivity contribution in [1.29, 1.82) is 0 Å². The molecule has 10 heteroatoms. The van der Waals surface area contributed by atoms with Gasteiger partial charge in [0.1, 0.15) is 24.3 Å². The highest BCUT2D eigenvalue weighted by Crippen LogP contribution is 2.29. The third-order valence-corrected chi connectivity index (χ3v) is 6.92. The molecule has 1 aliphatic rings. The second-order valence-corrected chi connectivity index (χ2v) is 10.4. The van der Waals surface area contributed by atoms with Crippen LogP contribution in [0.1, 0.15) is 52.6 Å². The average Bonchev–Trinajstić information content (AvgIpc) is 3.33. The molecule has 0 aliphatic carbocycles. The van der Waals surface area contributed by atoms with Gasteiger partial charge in [-0.05, 0) is 68.1 Å². The molecule has 0 bridgehead atoms. The number of nitrogens with zero attached hydrogens (tertiary/aromatic N) is 1. The lowest BCUT2D eigenvalue weighted by Gasteiger charge is -2.29. The molecular formula is C32H35FN2O7. The molecule has 4 rings (SSSR count). The van der Waals surface area contributed by atoms with Crippen molar-refractivity contribution in [3.05, 3.63) is 100 Å². The van der Waals surface area contributed by atoms with Gasteiger partial charge in [0.05, 0.1) is 24.8 Å². The number of halogens is 1. The number of hydrogen-bond acceptors (Lipinski definition) is 7. The highest BCUT2D eigenvalue weighted by atomic mass is 19.1.